The molecule has 1 fully saturated rings. The fourth-order valence-electron chi connectivity index (χ4n) is 1.59. The lowest BCUT2D eigenvalue weighted by atomic mass is 10.1. The summed E-state index contributed by atoms with van der Waals surface area (Å²) in [6.45, 7) is 3.71. The van der Waals surface area contributed by atoms with Crippen LogP contribution >= 0.6 is 0 Å². The first-order chi connectivity index (χ1) is 6.84. The van der Waals surface area contributed by atoms with Crippen molar-refractivity contribution < 1.29 is 4.74 Å². The molecule has 0 radical (unpaired) electrons. The van der Waals surface area contributed by atoms with Crippen LogP contribution in [0.4, 0.5) is 5.82 Å². The second kappa shape index (κ2) is 4.37. The van der Waals surface area contributed by atoms with Crippen LogP contribution in [0.3, 0.4) is 0 Å². The quantitative estimate of drug-likeness (QED) is 0.770. The molecule has 14 heavy (non-hydrogen) atoms. The van der Waals surface area contributed by atoms with Gasteiger partial charge in [-0.3, -0.25) is 0 Å². The summed E-state index contributed by atoms with van der Waals surface area (Å²) in [6, 6.07) is 2.50. The molecule has 0 amide bonds. The fourth-order valence-corrected chi connectivity index (χ4v) is 1.59. The van der Waals surface area contributed by atoms with Crippen molar-refractivity contribution in [3.63, 3.8) is 0 Å². The van der Waals surface area contributed by atoms with E-state index in [-0.39, 0.29) is 0 Å². The molecule has 2 rings (SSSR count). The predicted molar refractivity (Wildman–Crippen MR) is 54.2 cm³/mol. The Morgan fingerprint density at radius 1 is 1.43 bits per heavy atom. The summed E-state index contributed by atoms with van der Waals surface area (Å²) in [5.41, 5.74) is 1.13. The van der Waals surface area contributed by atoms with E-state index in [1.54, 1.807) is 6.20 Å². The first kappa shape index (κ1) is 9.40. The summed E-state index contributed by atoms with van der Waals surface area (Å²) in [6.07, 6.45) is 3.86. The van der Waals surface area contributed by atoms with Crippen LogP contribution in [-0.4, -0.2) is 29.5 Å². The van der Waals surface area contributed by atoms with Crippen molar-refractivity contribution in [2.75, 3.05) is 18.5 Å². The summed E-state index contributed by atoms with van der Waals surface area (Å²) in [5.74, 6) is 0.872. The Morgan fingerprint density at radius 2 is 2.21 bits per heavy atom. The molecule has 1 saturated heterocycles. The highest BCUT2D eigenvalue weighted by Crippen LogP contribution is 2.12. The minimum Gasteiger partial charge on any atom is -0.381 e. The monoisotopic (exact) mass is 193 g/mol. The van der Waals surface area contributed by atoms with Crippen molar-refractivity contribution in [2.45, 2.75) is 25.8 Å². The molecule has 1 aliphatic heterocycles. The lowest BCUT2D eigenvalue weighted by molar-refractivity contribution is 0.0903. The zero-order valence-electron chi connectivity index (χ0n) is 8.36. The number of anilines is 1. The molecule has 0 spiro atoms. The van der Waals surface area contributed by atoms with E-state index < -0.39 is 0 Å². The normalized spacial score (nSPS) is 18.1. The van der Waals surface area contributed by atoms with E-state index in [1.165, 1.54) is 0 Å². The van der Waals surface area contributed by atoms with Crippen LogP contribution in [0.25, 0.3) is 0 Å². The summed E-state index contributed by atoms with van der Waals surface area (Å²) in [7, 11) is 0. The van der Waals surface area contributed by atoms with Gasteiger partial charge >= 0.3 is 0 Å². The Labute approximate surface area is 83.7 Å². The highest BCUT2D eigenvalue weighted by Gasteiger charge is 2.13. The second-order valence-electron chi connectivity index (χ2n) is 3.65. The van der Waals surface area contributed by atoms with Crippen molar-refractivity contribution >= 4 is 5.82 Å². The van der Waals surface area contributed by atoms with Gasteiger partial charge in [-0.05, 0) is 31.4 Å². The van der Waals surface area contributed by atoms with Crippen molar-refractivity contribution in [3.05, 3.63) is 17.8 Å². The topological polar surface area (TPSA) is 47.0 Å². The van der Waals surface area contributed by atoms with E-state index in [1.807, 2.05) is 13.0 Å². The number of nitrogens with zero attached hydrogens (tertiary/aromatic N) is 2. The molecule has 76 valence electrons. The maximum Gasteiger partial charge on any atom is 0.149 e. The molecule has 1 N–H and O–H groups in total. The first-order valence-corrected chi connectivity index (χ1v) is 4.98. The van der Waals surface area contributed by atoms with Gasteiger partial charge in [0, 0.05) is 19.3 Å². The Morgan fingerprint density at radius 3 is 2.93 bits per heavy atom. The van der Waals surface area contributed by atoms with Crippen LogP contribution in [0.1, 0.15) is 18.4 Å². The smallest absolute Gasteiger partial charge is 0.149 e. The summed E-state index contributed by atoms with van der Waals surface area (Å²) >= 11 is 0. The second-order valence-corrected chi connectivity index (χ2v) is 3.65. The van der Waals surface area contributed by atoms with E-state index in [0.29, 0.717) is 6.04 Å². The molecule has 0 saturated carbocycles. The lowest BCUT2D eigenvalue weighted by Gasteiger charge is -2.23. The van der Waals surface area contributed by atoms with Gasteiger partial charge in [0.05, 0.1) is 6.20 Å². The van der Waals surface area contributed by atoms with Gasteiger partial charge in [0.2, 0.25) is 0 Å². The summed E-state index contributed by atoms with van der Waals surface area (Å²) < 4.78 is 5.29. The Kier molecular flexibility index (Phi) is 2.93. The predicted octanol–water partition coefficient (Wildman–Crippen LogP) is 1.38. The average Bonchev–Trinajstić information content (AvgIpc) is 2.19. The van der Waals surface area contributed by atoms with Crippen LogP contribution in [0.5, 0.6) is 0 Å². The van der Waals surface area contributed by atoms with Crippen LogP contribution in [0.2, 0.25) is 0 Å². The fraction of sp³-hybridized carbons (Fsp3) is 0.600. The van der Waals surface area contributed by atoms with Gasteiger partial charge in [-0.2, -0.15) is 5.10 Å². The molecule has 0 unspecified atom stereocenters. The zero-order chi connectivity index (χ0) is 9.80. The van der Waals surface area contributed by atoms with Gasteiger partial charge in [0.15, 0.2) is 0 Å². The van der Waals surface area contributed by atoms with Gasteiger partial charge in [0.25, 0.3) is 0 Å². The number of rotatable bonds is 2. The maximum absolute atomic E-state index is 5.29. The van der Waals surface area contributed by atoms with Crippen LogP contribution in [0.15, 0.2) is 12.3 Å². The molecule has 0 aliphatic carbocycles. The van der Waals surface area contributed by atoms with Gasteiger partial charge in [-0.25, -0.2) is 0 Å². The Bertz CT molecular complexity index is 297. The third-order valence-electron chi connectivity index (χ3n) is 2.36. The number of nitrogens with one attached hydrogen (secondary N) is 1. The van der Waals surface area contributed by atoms with Gasteiger partial charge in [0.1, 0.15) is 5.82 Å². The minimum atomic E-state index is 0.486. The molecule has 0 bridgehead atoms. The van der Waals surface area contributed by atoms with Gasteiger partial charge in [-0.15, -0.1) is 5.10 Å². The van der Waals surface area contributed by atoms with Crippen LogP contribution in [-0.2, 0) is 4.74 Å². The summed E-state index contributed by atoms with van der Waals surface area (Å²) in [5, 5.41) is 11.3. The molecule has 1 aromatic heterocycles. The maximum atomic E-state index is 5.29. The van der Waals surface area contributed by atoms with E-state index >= 15 is 0 Å². The average molecular weight is 193 g/mol. The van der Waals surface area contributed by atoms with Crippen LogP contribution < -0.4 is 5.32 Å². The van der Waals surface area contributed by atoms with Crippen LogP contribution in [0, 0.1) is 6.92 Å². The van der Waals surface area contributed by atoms with E-state index in [9.17, 15) is 0 Å². The number of hydrogen-bond acceptors (Lipinski definition) is 4. The molecule has 0 aromatic carbocycles. The molecular weight excluding hydrogens is 178 g/mol. The SMILES string of the molecule is Cc1cnnc(NC2CCOCC2)c1. The number of ether oxygens (including phenoxy) is 1. The lowest BCUT2D eigenvalue weighted by Crippen LogP contribution is -2.28. The van der Waals surface area contributed by atoms with Gasteiger partial charge in [-0.1, -0.05) is 0 Å². The van der Waals surface area contributed by atoms with Crippen molar-refractivity contribution in [3.8, 4) is 0 Å². The molecule has 4 heteroatoms. The van der Waals surface area contributed by atoms with Crippen molar-refractivity contribution in [1.29, 1.82) is 0 Å². The molecule has 4 nitrogen and oxygen atoms in total. The zero-order valence-corrected chi connectivity index (χ0v) is 8.36. The molecular formula is C10H15N3O. The molecule has 0 atom stereocenters. The minimum absolute atomic E-state index is 0.486. The third-order valence-corrected chi connectivity index (χ3v) is 2.36. The summed E-state index contributed by atoms with van der Waals surface area (Å²) in [4.78, 5) is 0. The van der Waals surface area contributed by atoms with Crippen molar-refractivity contribution in [1.82, 2.24) is 10.2 Å². The molecule has 2 heterocycles. The number of hydrogen-bond donors (Lipinski definition) is 1. The van der Waals surface area contributed by atoms with E-state index in [0.717, 1.165) is 37.4 Å². The highest BCUT2D eigenvalue weighted by molar-refractivity contribution is 5.36. The third kappa shape index (κ3) is 2.42. The Hall–Kier alpha value is -1.16. The number of aryl methyl sites for hydroxylation is 1. The van der Waals surface area contributed by atoms with Gasteiger partial charge < -0.3 is 10.1 Å². The van der Waals surface area contributed by atoms with E-state index in [2.05, 4.69) is 15.5 Å². The highest BCUT2D eigenvalue weighted by atomic mass is 16.5. The standard InChI is InChI=1S/C10H15N3O/c1-8-6-10(13-11-7-8)12-9-2-4-14-5-3-9/h6-7,9H,2-5H2,1H3,(H,12,13). The Balaban J connectivity index is 1.95. The largest absolute Gasteiger partial charge is 0.381 e. The number of aromatic nitrogens is 2. The molecule has 1 aliphatic rings. The molecule has 1 aromatic rings. The van der Waals surface area contributed by atoms with E-state index in [4.69, 9.17) is 4.74 Å². The van der Waals surface area contributed by atoms with Crippen molar-refractivity contribution in [2.24, 2.45) is 0 Å². The first-order valence-electron chi connectivity index (χ1n) is 4.98.